The molecule has 2 aromatic carbocycles. The van der Waals surface area contributed by atoms with Crippen LogP contribution in [0.1, 0.15) is 159 Å². The SMILES string of the molecule is CC[C@H](C)[C@H](NC(=O)[C@H](CC(=O)N[C@@H]1O[C@H](COC(C)=O)[C@@H](OC(C)=O)[C@H](OC(C)=O)[C@H]1NC(C)=O)NC(=O)[C@H](CCC(=O)OC(C)(C)C)NC(=O)OCC1c2ccccc2-c2ccccc21)C(=O)N[C@H](C(=O)N[C@H](C(=O)N1CCC[C@H]1C(N)=O)C(C)C)[C@@H](C)OC(C)(C)C. The van der Waals surface area contributed by atoms with E-state index >= 15 is 4.79 Å². The van der Waals surface area contributed by atoms with Gasteiger partial charge in [0.15, 0.2) is 18.4 Å². The molecule has 29 heteroatoms. The van der Waals surface area contributed by atoms with Crippen molar-refractivity contribution in [2.75, 3.05) is 19.8 Å². The zero-order valence-electron chi connectivity index (χ0n) is 56.8. The van der Waals surface area contributed by atoms with E-state index in [9.17, 15) is 57.5 Å². The summed E-state index contributed by atoms with van der Waals surface area (Å²) < 4.78 is 40.0. The van der Waals surface area contributed by atoms with Crippen LogP contribution >= 0.6 is 0 Å². The van der Waals surface area contributed by atoms with E-state index in [0.29, 0.717) is 12.8 Å². The maximum Gasteiger partial charge on any atom is 0.407 e. The summed E-state index contributed by atoms with van der Waals surface area (Å²) >= 11 is 0. The van der Waals surface area contributed by atoms with Crippen molar-refractivity contribution in [3.8, 4) is 11.1 Å². The van der Waals surface area contributed by atoms with Gasteiger partial charge in [-0.1, -0.05) is 82.6 Å². The molecule has 2 aliphatic heterocycles. The van der Waals surface area contributed by atoms with Gasteiger partial charge in [0.25, 0.3) is 0 Å². The van der Waals surface area contributed by atoms with Crippen LogP contribution in [0.15, 0.2) is 48.5 Å². The lowest BCUT2D eigenvalue weighted by Crippen LogP contribution is -2.69. The summed E-state index contributed by atoms with van der Waals surface area (Å²) in [6.45, 7) is 21.7. The fourth-order valence-corrected chi connectivity index (χ4v) is 11.5. The van der Waals surface area contributed by atoms with Crippen LogP contribution in [0.25, 0.3) is 11.1 Å². The lowest BCUT2D eigenvalue weighted by molar-refractivity contribution is -0.228. The molecule has 9 amide bonds. The van der Waals surface area contributed by atoms with E-state index in [1.807, 2.05) is 48.5 Å². The average Bonchev–Trinajstić information content (AvgIpc) is 1.70. The van der Waals surface area contributed by atoms with Gasteiger partial charge < -0.3 is 81.0 Å². The first kappa shape index (κ1) is 77.0. The molecule has 1 aliphatic carbocycles. The molecule has 95 heavy (non-hydrogen) atoms. The number of hydrogen-bond donors (Lipinski definition) is 8. The van der Waals surface area contributed by atoms with Crippen molar-refractivity contribution >= 4 is 77.2 Å². The molecule has 0 bridgehead atoms. The number of carbonyl (C=O) groups is 13. The number of primary amides is 1. The highest BCUT2D eigenvalue weighted by molar-refractivity contribution is 5.99. The maximum atomic E-state index is 15.2. The molecular weight excluding hydrogens is 1240 g/mol. The number of alkyl carbamates (subject to hydrolysis) is 1. The van der Waals surface area contributed by atoms with Gasteiger partial charge in [0.2, 0.25) is 47.3 Å². The number of esters is 4. The molecular formula is C66H95N9O20. The molecule has 2 heterocycles. The molecule has 0 saturated carbocycles. The van der Waals surface area contributed by atoms with Gasteiger partial charge in [0.1, 0.15) is 67.2 Å². The summed E-state index contributed by atoms with van der Waals surface area (Å²) in [5.74, 6) is -12.6. The molecule has 2 aromatic rings. The second-order valence-corrected chi connectivity index (χ2v) is 26.4. The molecule has 2 saturated heterocycles. The van der Waals surface area contributed by atoms with E-state index in [1.54, 1.807) is 69.2 Å². The highest BCUT2D eigenvalue weighted by Crippen LogP contribution is 2.44. The number of nitrogens with one attached hydrogen (secondary N) is 7. The van der Waals surface area contributed by atoms with Gasteiger partial charge in [-0.15, -0.1) is 0 Å². The minimum absolute atomic E-state index is 0.189. The Morgan fingerprint density at radius 3 is 1.74 bits per heavy atom. The average molecular weight is 1330 g/mol. The zero-order chi connectivity index (χ0) is 71.0. The molecule has 9 N–H and O–H groups in total. The Morgan fingerprint density at radius 1 is 0.642 bits per heavy atom. The minimum atomic E-state index is -2.04. The number of nitrogens with two attached hydrogens (primary N) is 1. The van der Waals surface area contributed by atoms with E-state index < -0.39 is 205 Å². The number of carbonyl (C=O) groups excluding carboxylic acids is 13. The summed E-state index contributed by atoms with van der Waals surface area (Å²) in [6, 6.07) is 4.52. The molecule has 2 fully saturated rings. The van der Waals surface area contributed by atoms with E-state index in [1.165, 1.54) is 11.8 Å². The predicted octanol–water partition coefficient (Wildman–Crippen LogP) is 2.50. The number of nitrogens with zero attached hydrogens (tertiary/aromatic N) is 1. The molecule has 0 radical (unpaired) electrons. The molecule has 3 aliphatic rings. The Kier molecular flexibility index (Phi) is 27.6. The number of rotatable bonds is 29. The van der Waals surface area contributed by atoms with Gasteiger partial charge >= 0.3 is 30.0 Å². The van der Waals surface area contributed by atoms with Crippen LogP contribution in [-0.2, 0) is 90.7 Å². The molecule has 524 valence electrons. The number of hydrogen-bond acceptors (Lipinski definition) is 20. The van der Waals surface area contributed by atoms with Crippen molar-refractivity contribution in [3.63, 3.8) is 0 Å². The Bertz CT molecular complexity index is 3100. The van der Waals surface area contributed by atoms with E-state index in [-0.39, 0.29) is 19.6 Å². The normalized spacial score (nSPS) is 20.6. The molecule has 5 rings (SSSR count). The lowest BCUT2D eigenvalue weighted by Gasteiger charge is -2.45. The van der Waals surface area contributed by atoms with Crippen molar-refractivity contribution in [1.82, 2.24) is 42.1 Å². The Balaban J connectivity index is 1.55. The van der Waals surface area contributed by atoms with Crippen molar-refractivity contribution < 1.29 is 95.5 Å². The van der Waals surface area contributed by atoms with Crippen LogP contribution in [-0.4, -0.2) is 186 Å². The van der Waals surface area contributed by atoms with Gasteiger partial charge in [-0.2, -0.15) is 0 Å². The standard InChI is InChI=1S/C66H95N9O20/c1-16-34(4)52(60(85)74-53(35(5)94-65(10,11)12)61(86)72-51(33(2)3)63(87)75-29-21-26-47(75)57(67)82)73-59(84)46(30-49(80)71-62-54(68-36(6)76)56(92-39(9)79)55(91-38(8)78)48(93-62)32-89-37(7)77)69-58(83)45(27-28-50(81)95-66(13,14)15)70-64(88)90-31-44-42-24-19-17-22-40(42)41-23-18-20-25-43(41)44/h17-20,22-25,33-35,44-48,51-56,62H,16,21,26-32H2,1-15H3,(H2,67,82)(H,68,76)(H,69,83)(H,70,88)(H,71,80)(H,72,86)(H,73,84)(H,74,85)/t34-,35+,45-,46-,47-,48+,51-,52-,53-,54+,55+,56+,62+/m0/s1. The first-order valence-electron chi connectivity index (χ1n) is 31.9. The van der Waals surface area contributed by atoms with Gasteiger partial charge in [-0.3, -0.25) is 57.5 Å². The van der Waals surface area contributed by atoms with Crippen molar-refractivity contribution in [2.45, 2.75) is 232 Å². The van der Waals surface area contributed by atoms with E-state index in [0.717, 1.165) is 49.9 Å². The monoisotopic (exact) mass is 1330 g/mol. The van der Waals surface area contributed by atoms with E-state index in [2.05, 4.69) is 37.2 Å². The van der Waals surface area contributed by atoms with Gasteiger partial charge in [-0.25, -0.2) is 4.79 Å². The smallest absolute Gasteiger partial charge is 0.407 e. The van der Waals surface area contributed by atoms with Crippen molar-refractivity contribution in [3.05, 3.63) is 59.7 Å². The molecule has 29 nitrogen and oxygen atoms in total. The topological polar surface area (TPSA) is 400 Å². The number of fused-ring (bicyclic) bond motifs is 3. The second-order valence-electron chi connectivity index (χ2n) is 26.4. The first-order valence-corrected chi connectivity index (χ1v) is 31.9. The van der Waals surface area contributed by atoms with Gasteiger partial charge in [0.05, 0.1) is 18.1 Å². The van der Waals surface area contributed by atoms with Crippen molar-refractivity contribution in [2.24, 2.45) is 17.6 Å². The summed E-state index contributed by atoms with van der Waals surface area (Å²) in [5, 5.41) is 18.2. The van der Waals surface area contributed by atoms with Crippen LogP contribution in [0.2, 0.25) is 0 Å². The Hall–Kier alpha value is -8.73. The first-order chi connectivity index (χ1) is 44.4. The van der Waals surface area contributed by atoms with Crippen LogP contribution in [0, 0.1) is 11.8 Å². The zero-order valence-corrected chi connectivity index (χ0v) is 56.8. The number of likely N-dealkylation sites (tertiary alicyclic amines) is 1. The fourth-order valence-electron chi connectivity index (χ4n) is 11.5. The summed E-state index contributed by atoms with van der Waals surface area (Å²) in [4.78, 5) is 180. The molecule has 0 aromatic heterocycles. The van der Waals surface area contributed by atoms with Gasteiger partial charge in [-0.05, 0) is 102 Å². The largest absolute Gasteiger partial charge is 0.463 e. The molecule has 13 atom stereocenters. The number of ether oxygens (including phenoxy) is 7. The van der Waals surface area contributed by atoms with Crippen LogP contribution in [0.5, 0.6) is 0 Å². The third-order valence-electron chi connectivity index (χ3n) is 15.9. The quantitative estimate of drug-likeness (QED) is 0.0428. The number of benzene rings is 2. The molecule has 0 spiro atoms. The summed E-state index contributed by atoms with van der Waals surface area (Å²) in [6.07, 6.45) is -9.69. The third-order valence-corrected chi connectivity index (χ3v) is 15.9. The fraction of sp³-hybridized carbons (Fsp3) is 0.621. The third kappa shape index (κ3) is 22.5. The Morgan fingerprint density at radius 2 is 1.20 bits per heavy atom. The molecule has 0 unspecified atom stereocenters. The maximum absolute atomic E-state index is 15.2. The van der Waals surface area contributed by atoms with Crippen LogP contribution < -0.4 is 43.0 Å². The Labute approximate surface area is 553 Å². The minimum Gasteiger partial charge on any atom is -0.463 e. The summed E-state index contributed by atoms with van der Waals surface area (Å²) in [5.41, 5.74) is 7.38. The second kappa shape index (κ2) is 34.1. The number of amides is 9. The predicted molar refractivity (Wildman–Crippen MR) is 340 cm³/mol. The van der Waals surface area contributed by atoms with E-state index in [4.69, 9.17) is 38.9 Å². The summed E-state index contributed by atoms with van der Waals surface area (Å²) in [7, 11) is 0. The lowest BCUT2D eigenvalue weighted by atomic mass is 9.94. The van der Waals surface area contributed by atoms with Crippen LogP contribution in [0.4, 0.5) is 4.79 Å². The van der Waals surface area contributed by atoms with Gasteiger partial charge in [0, 0.05) is 46.6 Å². The highest BCUT2D eigenvalue weighted by Gasteiger charge is 2.52. The highest BCUT2D eigenvalue weighted by atomic mass is 16.6. The van der Waals surface area contributed by atoms with Crippen molar-refractivity contribution in [1.29, 1.82) is 0 Å². The van der Waals surface area contributed by atoms with Crippen LogP contribution in [0.3, 0.4) is 0 Å².